The second-order valence-corrected chi connectivity index (χ2v) is 7.44. The van der Waals surface area contributed by atoms with Gasteiger partial charge in [-0.1, -0.05) is 36.4 Å². The number of benzene rings is 2. The summed E-state index contributed by atoms with van der Waals surface area (Å²) in [5.74, 6) is 0.149. The molecule has 5 nitrogen and oxygen atoms in total. The number of amides is 2. The SMILES string of the molecule is CCOc1ccc(NC2=C(c3cccs3)C(=O)N(Cc3ccccc3)C2=O)cc1. The van der Waals surface area contributed by atoms with E-state index in [1.165, 1.54) is 16.2 Å². The number of ether oxygens (including phenoxy) is 1. The van der Waals surface area contributed by atoms with Crippen LogP contribution in [0.5, 0.6) is 5.75 Å². The first-order chi connectivity index (χ1) is 14.2. The van der Waals surface area contributed by atoms with Gasteiger partial charge in [0.1, 0.15) is 11.4 Å². The average Bonchev–Trinajstić information content (AvgIpc) is 3.34. The van der Waals surface area contributed by atoms with Gasteiger partial charge < -0.3 is 10.1 Å². The summed E-state index contributed by atoms with van der Waals surface area (Å²) >= 11 is 1.44. The molecular weight excluding hydrogens is 384 g/mol. The smallest absolute Gasteiger partial charge is 0.278 e. The van der Waals surface area contributed by atoms with E-state index in [4.69, 9.17) is 4.74 Å². The maximum absolute atomic E-state index is 13.2. The van der Waals surface area contributed by atoms with E-state index in [1.807, 2.05) is 79.0 Å². The van der Waals surface area contributed by atoms with Crippen molar-refractivity contribution >= 4 is 34.4 Å². The zero-order valence-corrected chi connectivity index (χ0v) is 16.7. The predicted molar refractivity (Wildman–Crippen MR) is 114 cm³/mol. The molecular formula is C23H20N2O3S. The van der Waals surface area contributed by atoms with Gasteiger partial charge in [-0.15, -0.1) is 11.3 Å². The van der Waals surface area contributed by atoms with Gasteiger partial charge in [0, 0.05) is 10.6 Å². The Kier molecular flexibility index (Phi) is 5.44. The zero-order chi connectivity index (χ0) is 20.2. The molecule has 0 radical (unpaired) electrons. The molecule has 0 atom stereocenters. The lowest BCUT2D eigenvalue weighted by Crippen LogP contribution is -2.31. The van der Waals surface area contributed by atoms with Crippen molar-refractivity contribution in [3.05, 3.63) is 88.2 Å². The fourth-order valence-electron chi connectivity index (χ4n) is 3.20. The van der Waals surface area contributed by atoms with Crippen LogP contribution in [-0.2, 0) is 16.1 Å². The van der Waals surface area contributed by atoms with Crippen LogP contribution in [0.2, 0.25) is 0 Å². The van der Waals surface area contributed by atoms with Crippen molar-refractivity contribution in [1.29, 1.82) is 0 Å². The Morgan fingerprint density at radius 1 is 0.931 bits per heavy atom. The Morgan fingerprint density at radius 3 is 2.34 bits per heavy atom. The van der Waals surface area contributed by atoms with Crippen LogP contribution in [0, 0.1) is 0 Å². The van der Waals surface area contributed by atoms with Crippen molar-refractivity contribution in [1.82, 2.24) is 4.90 Å². The molecule has 0 spiro atoms. The van der Waals surface area contributed by atoms with Crippen LogP contribution < -0.4 is 10.1 Å². The summed E-state index contributed by atoms with van der Waals surface area (Å²) in [6, 6.07) is 20.6. The molecule has 3 aromatic rings. The molecule has 2 heterocycles. The summed E-state index contributed by atoms with van der Waals surface area (Å²) in [5, 5.41) is 5.06. The lowest BCUT2D eigenvalue weighted by molar-refractivity contribution is -0.137. The van der Waals surface area contributed by atoms with E-state index in [-0.39, 0.29) is 18.4 Å². The molecule has 1 N–H and O–H groups in total. The van der Waals surface area contributed by atoms with Crippen LogP contribution in [0.3, 0.4) is 0 Å². The Bertz CT molecular complexity index is 1040. The van der Waals surface area contributed by atoms with Crippen LogP contribution in [0.1, 0.15) is 17.4 Å². The third-order valence-corrected chi connectivity index (χ3v) is 5.44. The summed E-state index contributed by atoms with van der Waals surface area (Å²) in [7, 11) is 0. The summed E-state index contributed by atoms with van der Waals surface area (Å²) in [4.78, 5) is 28.4. The molecule has 1 aromatic heterocycles. The van der Waals surface area contributed by atoms with E-state index in [1.54, 1.807) is 0 Å². The van der Waals surface area contributed by atoms with E-state index in [9.17, 15) is 9.59 Å². The molecule has 2 amide bonds. The monoisotopic (exact) mass is 404 g/mol. The van der Waals surface area contributed by atoms with Crippen LogP contribution >= 0.6 is 11.3 Å². The van der Waals surface area contributed by atoms with Gasteiger partial charge >= 0.3 is 0 Å². The van der Waals surface area contributed by atoms with Gasteiger partial charge in [-0.05, 0) is 48.2 Å². The number of imide groups is 1. The predicted octanol–water partition coefficient (Wildman–Crippen LogP) is 4.54. The molecule has 6 heteroatoms. The Morgan fingerprint density at radius 2 is 1.69 bits per heavy atom. The van der Waals surface area contributed by atoms with Crippen LogP contribution in [0.4, 0.5) is 5.69 Å². The molecule has 0 bridgehead atoms. The van der Waals surface area contributed by atoms with Crippen LogP contribution in [0.15, 0.2) is 77.8 Å². The second-order valence-electron chi connectivity index (χ2n) is 6.49. The van der Waals surface area contributed by atoms with Gasteiger partial charge in [0.2, 0.25) is 0 Å². The summed E-state index contributed by atoms with van der Waals surface area (Å²) in [6.07, 6.45) is 0. The Labute approximate surface area is 173 Å². The van der Waals surface area contributed by atoms with Gasteiger partial charge in [-0.3, -0.25) is 14.5 Å². The number of hydrogen-bond acceptors (Lipinski definition) is 5. The maximum Gasteiger partial charge on any atom is 0.278 e. The average molecular weight is 404 g/mol. The van der Waals surface area contributed by atoms with Crippen molar-refractivity contribution in [2.24, 2.45) is 0 Å². The number of nitrogens with one attached hydrogen (secondary N) is 1. The van der Waals surface area contributed by atoms with E-state index in [2.05, 4.69) is 5.32 Å². The van der Waals surface area contributed by atoms with Crippen molar-refractivity contribution < 1.29 is 14.3 Å². The summed E-state index contributed by atoms with van der Waals surface area (Å²) in [6.45, 7) is 2.75. The zero-order valence-electron chi connectivity index (χ0n) is 15.9. The molecule has 1 aliphatic heterocycles. The topological polar surface area (TPSA) is 58.6 Å². The lowest BCUT2D eigenvalue weighted by atomic mass is 10.2. The number of thiophene rings is 1. The fourth-order valence-corrected chi connectivity index (χ4v) is 3.96. The summed E-state index contributed by atoms with van der Waals surface area (Å²) in [5.41, 5.74) is 2.34. The Hall–Kier alpha value is -3.38. The van der Waals surface area contributed by atoms with Crippen molar-refractivity contribution in [2.75, 3.05) is 11.9 Å². The first-order valence-corrected chi connectivity index (χ1v) is 10.2. The van der Waals surface area contributed by atoms with Gasteiger partial charge in [-0.2, -0.15) is 0 Å². The first kappa shape index (κ1) is 19.0. The molecule has 0 fully saturated rings. The molecule has 4 rings (SSSR count). The highest BCUT2D eigenvalue weighted by Crippen LogP contribution is 2.33. The molecule has 1 aliphatic rings. The summed E-state index contributed by atoms with van der Waals surface area (Å²) < 4.78 is 5.47. The Balaban J connectivity index is 1.65. The highest BCUT2D eigenvalue weighted by Gasteiger charge is 2.39. The normalized spacial score (nSPS) is 13.9. The van der Waals surface area contributed by atoms with Crippen LogP contribution in [-0.4, -0.2) is 23.3 Å². The maximum atomic E-state index is 13.2. The highest BCUT2D eigenvalue weighted by atomic mass is 32.1. The number of carbonyl (C=O) groups is 2. The molecule has 0 saturated heterocycles. The number of anilines is 1. The standard InChI is InChI=1S/C23H20N2O3S/c1-2-28-18-12-10-17(11-13-18)24-21-20(19-9-6-14-29-19)22(26)25(23(21)27)15-16-7-4-3-5-8-16/h3-14,24H,2,15H2,1H3. The lowest BCUT2D eigenvalue weighted by Gasteiger charge is -2.15. The third kappa shape index (κ3) is 3.93. The van der Waals surface area contributed by atoms with Crippen molar-refractivity contribution in [3.63, 3.8) is 0 Å². The molecule has 0 aliphatic carbocycles. The van der Waals surface area contributed by atoms with Gasteiger partial charge in [0.15, 0.2) is 0 Å². The minimum absolute atomic E-state index is 0.238. The molecule has 0 unspecified atom stereocenters. The quantitative estimate of drug-likeness (QED) is 0.588. The van der Waals surface area contributed by atoms with Crippen molar-refractivity contribution in [3.8, 4) is 5.75 Å². The van der Waals surface area contributed by atoms with E-state index >= 15 is 0 Å². The van der Waals surface area contributed by atoms with Crippen molar-refractivity contribution in [2.45, 2.75) is 13.5 Å². The number of carbonyl (C=O) groups excluding carboxylic acids is 2. The molecule has 2 aromatic carbocycles. The van der Waals surface area contributed by atoms with E-state index in [0.29, 0.717) is 17.9 Å². The fraction of sp³-hybridized carbons (Fsp3) is 0.130. The van der Waals surface area contributed by atoms with Gasteiger partial charge in [0.25, 0.3) is 11.8 Å². The third-order valence-electron chi connectivity index (χ3n) is 4.55. The number of nitrogens with zero attached hydrogens (tertiary/aromatic N) is 1. The number of hydrogen-bond donors (Lipinski definition) is 1. The van der Waals surface area contributed by atoms with Gasteiger partial charge in [-0.25, -0.2) is 0 Å². The van der Waals surface area contributed by atoms with Gasteiger partial charge in [0.05, 0.1) is 18.7 Å². The molecule has 146 valence electrons. The second kappa shape index (κ2) is 8.32. The molecule has 29 heavy (non-hydrogen) atoms. The number of rotatable bonds is 7. The van der Waals surface area contributed by atoms with E-state index < -0.39 is 0 Å². The molecule has 0 saturated carbocycles. The highest BCUT2D eigenvalue weighted by molar-refractivity contribution is 7.11. The van der Waals surface area contributed by atoms with Crippen LogP contribution in [0.25, 0.3) is 5.57 Å². The van der Waals surface area contributed by atoms with E-state index in [0.717, 1.165) is 21.9 Å². The minimum Gasteiger partial charge on any atom is -0.494 e. The largest absolute Gasteiger partial charge is 0.494 e. The first-order valence-electron chi connectivity index (χ1n) is 9.35. The minimum atomic E-state index is -0.323.